The minimum Gasteiger partial charge on any atom is -0.508 e. The summed E-state index contributed by atoms with van der Waals surface area (Å²) in [6, 6.07) is 15.1. The Balaban J connectivity index is -0.000000209. The molecule has 3 N–H and O–H groups in total. The van der Waals surface area contributed by atoms with E-state index in [1.165, 1.54) is 12.1 Å². The molecule has 0 fully saturated rings. The minimum atomic E-state index is -3.52. The van der Waals surface area contributed by atoms with Crippen molar-refractivity contribution in [3.05, 3.63) is 60.2 Å². The fraction of sp³-hybridized carbons (Fsp3) is 0.594. The van der Waals surface area contributed by atoms with Crippen LogP contribution in [0.25, 0.3) is 0 Å². The van der Waals surface area contributed by atoms with Gasteiger partial charge in [0.05, 0.1) is 4.90 Å². The molecule has 0 saturated carbocycles. The predicted molar refractivity (Wildman–Crippen MR) is 193 cm³/mol. The number of nitrogens with two attached hydrogens (primary N) is 1. The van der Waals surface area contributed by atoms with E-state index in [1.54, 1.807) is 76.3 Å². The summed E-state index contributed by atoms with van der Waals surface area (Å²) in [6.45, 7) is 26.6. The molecule has 2 rings (SSSR count). The van der Waals surface area contributed by atoms with E-state index in [2.05, 4.69) is 68.9 Å². The minimum absolute atomic E-state index is 0.156. The van der Waals surface area contributed by atoms with Crippen LogP contribution in [-0.4, -0.2) is 72.8 Å². The number of aromatic hydroxyl groups is 1. The summed E-state index contributed by atoms with van der Waals surface area (Å²) in [5.41, 5.74) is 1.01. The van der Waals surface area contributed by atoms with Crippen LogP contribution in [0.1, 0.15) is 67.9 Å². The summed E-state index contributed by atoms with van der Waals surface area (Å²) in [4.78, 5) is 0.156. The van der Waals surface area contributed by atoms with Gasteiger partial charge >= 0.3 is 162 Å². The van der Waals surface area contributed by atoms with E-state index in [9.17, 15) is 8.42 Å². The van der Waals surface area contributed by atoms with Gasteiger partial charge in [0, 0.05) is 6.57 Å². The number of nitriles is 1. The zero-order valence-electron chi connectivity index (χ0n) is 28.1. The molecule has 0 heterocycles. The van der Waals surface area contributed by atoms with Crippen LogP contribution in [0.5, 0.6) is 5.75 Å². The van der Waals surface area contributed by atoms with Gasteiger partial charge in [-0.05, 0) is 31.2 Å². The van der Waals surface area contributed by atoms with Gasteiger partial charge in [0.25, 0.3) is 0 Å². The summed E-state index contributed by atoms with van der Waals surface area (Å²) in [7, 11) is -3.52. The maximum atomic E-state index is 10.7. The number of rotatable bonds is 10. The molecule has 0 bridgehead atoms. The summed E-state index contributed by atoms with van der Waals surface area (Å²) >= 11 is -2.29. The molecule has 41 heavy (non-hydrogen) atoms. The van der Waals surface area contributed by atoms with Crippen LogP contribution in [0.4, 0.5) is 0 Å². The molecule has 0 aliphatic rings. The Morgan fingerprint density at radius 1 is 0.610 bits per heavy atom. The number of nitrogens with zero attached hydrogens (tertiary/aromatic N) is 1. The number of phenols is 1. The first-order valence-electron chi connectivity index (χ1n) is 15.5. The van der Waals surface area contributed by atoms with Crippen molar-refractivity contribution in [2.24, 2.45) is 5.14 Å². The van der Waals surface area contributed by atoms with Gasteiger partial charge in [-0.15, -0.1) is 0 Å². The van der Waals surface area contributed by atoms with Crippen molar-refractivity contribution in [2.75, 3.05) is 0 Å². The Labute approximate surface area is 277 Å². The van der Waals surface area contributed by atoms with Gasteiger partial charge in [-0.3, -0.25) is 0 Å². The van der Waals surface area contributed by atoms with Crippen molar-refractivity contribution in [3.8, 4) is 12.3 Å². The van der Waals surface area contributed by atoms with Gasteiger partial charge in [0.1, 0.15) is 5.75 Å². The molecule has 0 saturated heterocycles. The Morgan fingerprint density at radius 3 is 1.02 bits per heavy atom. The standard InChI is InChI=1S/C7H9NO2S.C6H6O.9C2H5.CHN.3Sn.3H/c1-6-2-4-7(5-3-6)11(8,9)10;7-6-4-2-1-3-5-6;10*1-2;;;;;;/h2-5H,1H3,(H2,8,9,10);1-5,7H;9*1H2,2H3;1H;;;;;;. The number of primary sulfonamides is 1. The fourth-order valence-corrected chi connectivity index (χ4v) is 19.1. The second-order valence-corrected chi connectivity index (χ2v) is 47.3. The van der Waals surface area contributed by atoms with Gasteiger partial charge in [-0.1, -0.05) is 35.9 Å². The van der Waals surface area contributed by atoms with Crippen LogP contribution in [0.3, 0.4) is 0 Å². The topological polar surface area (TPSA) is 104 Å². The molecule has 0 radical (unpaired) electrons. The smallest absolute Gasteiger partial charge is 0.238 e. The normalized spacial score (nSPS) is 9.85. The largest absolute Gasteiger partial charge is 0.508 e. The molecule has 0 spiro atoms. The molecular formula is C32H64N2O3SSn3. The van der Waals surface area contributed by atoms with Crippen molar-refractivity contribution in [1.82, 2.24) is 0 Å². The zero-order chi connectivity index (χ0) is 32.7. The zero-order valence-corrected chi connectivity index (χ0v) is 38.8. The second-order valence-electron chi connectivity index (χ2n) is 9.97. The van der Waals surface area contributed by atoms with E-state index in [-0.39, 0.29) is 4.90 Å². The van der Waals surface area contributed by atoms with E-state index in [4.69, 9.17) is 15.5 Å². The average molecular weight is 913 g/mol. The average Bonchev–Trinajstić information content (AvgIpc) is 2.98. The number of aryl methyl sites for hydroxylation is 1. The van der Waals surface area contributed by atoms with Crippen LogP contribution >= 0.6 is 0 Å². The van der Waals surface area contributed by atoms with Gasteiger partial charge in [0.15, 0.2) is 0 Å². The molecule has 9 heteroatoms. The summed E-state index contributed by atoms with van der Waals surface area (Å²) in [5.74, 6) is 0.322. The van der Waals surface area contributed by atoms with Gasteiger partial charge in [-0.25, -0.2) is 18.8 Å². The maximum Gasteiger partial charge on any atom is 0.238 e. The van der Waals surface area contributed by atoms with Gasteiger partial charge in [0.2, 0.25) is 10.0 Å². The van der Waals surface area contributed by atoms with E-state index in [0.29, 0.717) is 5.75 Å². The van der Waals surface area contributed by atoms with Crippen LogP contribution < -0.4 is 5.14 Å². The van der Waals surface area contributed by atoms with Crippen LogP contribution in [0.15, 0.2) is 59.5 Å². The molecule has 2 aromatic rings. The first-order chi connectivity index (χ1) is 19.4. The third-order valence-corrected chi connectivity index (χ3v) is 37.9. The van der Waals surface area contributed by atoms with Crippen molar-refractivity contribution in [1.29, 1.82) is 5.26 Å². The molecule has 0 atom stereocenters. The van der Waals surface area contributed by atoms with E-state index in [1.807, 2.05) is 13.0 Å². The van der Waals surface area contributed by atoms with E-state index >= 15 is 0 Å². The molecule has 2 aromatic carbocycles. The third kappa shape index (κ3) is 32.8. The Bertz CT molecular complexity index is 856. The van der Waals surface area contributed by atoms with Crippen molar-refractivity contribution >= 4 is 69.3 Å². The number of para-hydroxylation sites is 1. The summed E-state index contributed by atoms with van der Waals surface area (Å²) in [6.07, 6.45) is 0. The number of hydrogen-bond acceptors (Lipinski definition) is 4. The van der Waals surface area contributed by atoms with Crippen molar-refractivity contribution in [3.63, 3.8) is 0 Å². The third-order valence-electron chi connectivity index (χ3n) is 7.30. The van der Waals surface area contributed by atoms with E-state index < -0.39 is 69.3 Å². The Hall–Kier alpha value is 0.0361. The molecule has 0 aliphatic carbocycles. The monoisotopic (exact) mass is 916 g/mol. The molecule has 0 amide bonds. The number of benzene rings is 2. The summed E-state index contributed by atoms with van der Waals surface area (Å²) in [5, 5.41) is 20.0. The number of phenolic OH excluding ortho intramolecular Hbond substituents is 1. The van der Waals surface area contributed by atoms with Gasteiger partial charge in [-0.2, -0.15) is 0 Å². The molecule has 0 unspecified atom stereocenters. The van der Waals surface area contributed by atoms with Crippen LogP contribution in [0.2, 0.25) is 39.9 Å². The quantitative estimate of drug-likeness (QED) is 0.233. The predicted octanol–water partition coefficient (Wildman–Crippen LogP) is 8.99. The first-order valence-corrected chi connectivity index (χ1v) is 38.0. The molecule has 238 valence electrons. The molecular weight excluding hydrogens is 849 g/mol. The van der Waals surface area contributed by atoms with Crippen molar-refractivity contribution in [2.45, 2.75) is 114 Å². The van der Waals surface area contributed by atoms with Crippen LogP contribution in [-0.2, 0) is 10.0 Å². The summed E-state index contributed by atoms with van der Waals surface area (Å²) < 4.78 is 35.5. The van der Waals surface area contributed by atoms with Gasteiger partial charge < -0.3 is 5.11 Å². The maximum absolute atomic E-state index is 10.7. The first kappa shape index (κ1) is 48.0. The second kappa shape index (κ2) is 34.5. The molecule has 5 nitrogen and oxygen atoms in total. The van der Waals surface area contributed by atoms with Crippen LogP contribution in [0, 0.1) is 18.8 Å². The Kier molecular flexibility index (Phi) is 40.4. The van der Waals surface area contributed by atoms with E-state index in [0.717, 1.165) is 5.56 Å². The van der Waals surface area contributed by atoms with Crippen molar-refractivity contribution < 1.29 is 13.5 Å². The molecule has 0 aromatic heterocycles. The SMILES string of the molecule is C#N.C[CH2][SnH]([CH2]C)[CH2]C.C[CH2][SnH]([CH2]C)[CH2]C.C[CH2][SnH]([CH2]C)[CH2]C.Cc1ccc(S(N)(=O)=O)cc1.Oc1ccccc1. The number of sulfonamides is 1. The Morgan fingerprint density at radius 2 is 0.878 bits per heavy atom. The fourth-order valence-electron chi connectivity index (χ4n) is 3.75. The molecule has 0 aliphatic heterocycles. The number of hydrogen-bond donors (Lipinski definition) is 2.